The minimum absolute atomic E-state index is 0.150. The number of Topliss-reactive ketones (excluding diaryl/α,β-unsaturated/α-hetero) is 1. The van der Waals surface area contributed by atoms with Gasteiger partial charge in [0.1, 0.15) is 0 Å². The van der Waals surface area contributed by atoms with Crippen LogP contribution in [0.1, 0.15) is 34.0 Å². The number of pyridine rings is 1. The Morgan fingerprint density at radius 2 is 1.94 bits per heavy atom. The van der Waals surface area contributed by atoms with Crippen molar-refractivity contribution in [1.82, 2.24) is 4.98 Å². The summed E-state index contributed by atoms with van der Waals surface area (Å²) in [6.07, 6.45) is 2.66. The third-order valence-corrected chi connectivity index (χ3v) is 3.55. The van der Waals surface area contributed by atoms with Gasteiger partial charge in [-0.05, 0) is 37.0 Å². The Balaban J connectivity index is 1.75. The van der Waals surface area contributed by atoms with Gasteiger partial charge in [0.15, 0.2) is 5.78 Å². The van der Waals surface area contributed by atoms with E-state index in [1.165, 1.54) is 5.56 Å². The third-order valence-electron chi connectivity index (χ3n) is 3.55. The highest BCUT2D eigenvalue weighted by molar-refractivity contribution is 6.00. The number of hydrogen-bond donors (Lipinski definition) is 0. The van der Waals surface area contributed by atoms with Gasteiger partial charge in [0.2, 0.25) is 0 Å². The molecule has 1 aliphatic rings. The molecule has 1 aliphatic carbocycles. The van der Waals surface area contributed by atoms with Crippen LogP contribution in [0.4, 0.5) is 0 Å². The van der Waals surface area contributed by atoms with E-state index in [4.69, 9.17) is 0 Å². The van der Waals surface area contributed by atoms with Crippen LogP contribution in [0, 0.1) is 12.8 Å². The van der Waals surface area contributed by atoms with Crippen LogP contribution in [0.15, 0.2) is 48.7 Å². The number of carbonyl (C=O) groups is 1. The summed E-state index contributed by atoms with van der Waals surface area (Å²) in [5.41, 5.74) is 2.96. The van der Waals surface area contributed by atoms with Crippen molar-refractivity contribution in [2.45, 2.75) is 19.3 Å². The lowest BCUT2D eigenvalue weighted by Crippen LogP contribution is -2.03. The molecule has 0 N–H and O–H groups in total. The van der Waals surface area contributed by atoms with E-state index in [1.807, 2.05) is 37.3 Å². The summed E-state index contributed by atoms with van der Waals surface area (Å²) in [4.78, 5) is 16.4. The second kappa shape index (κ2) is 4.37. The zero-order valence-corrected chi connectivity index (χ0v) is 10.3. The van der Waals surface area contributed by atoms with Crippen LogP contribution in [-0.2, 0) is 0 Å². The molecule has 2 aromatic rings. The molecule has 0 aliphatic heterocycles. The van der Waals surface area contributed by atoms with E-state index in [1.54, 1.807) is 6.20 Å². The van der Waals surface area contributed by atoms with Crippen LogP contribution in [0.25, 0.3) is 0 Å². The Labute approximate surface area is 107 Å². The summed E-state index contributed by atoms with van der Waals surface area (Å²) in [6, 6.07) is 14.0. The van der Waals surface area contributed by atoms with Crippen LogP contribution < -0.4 is 0 Å². The molecular formula is C16H15NO. The van der Waals surface area contributed by atoms with Crippen molar-refractivity contribution < 1.29 is 4.79 Å². The van der Waals surface area contributed by atoms with E-state index in [0.717, 1.165) is 17.7 Å². The average molecular weight is 237 g/mol. The van der Waals surface area contributed by atoms with Gasteiger partial charge in [-0.15, -0.1) is 0 Å². The van der Waals surface area contributed by atoms with E-state index in [-0.39, 0.29) is 11.7 Å². The predicted octanol–water partition coefficient (Wildman–Crippen LogP) is 3.38. The van der Waals surface area contributed by atoms with Gasteiger partial charge in [-0.3, -0.25) is 9.78 Å². The SMILES string of the molecule is Cc1ccc(C(=O)C2CC2c2ccccc2)cn1. The molecule has 2 heteroatoms. The Hall–Kier alpha value is -1.96. The Kier molecular flexibility index (Phi) is 2.71. The minimum Gasteiger partial charge on any atom is -0.294 e. The molecule has 0 spiro atoms. The molecule has 90 valence electrons. The largest absolute Gasteiger partial charge is 0.294 e. The number of aromatic nitrogens is 1. The monoisotopic (exact) mass is 237 g/mol. The fourth-order valence-electron chi connectivity index (χ4n) is 2.38. The number of carbonyl (C=O) groups excluding carboxylic acids is 1. The molecule has 0 saturated heterocycles. The third kappa shape index (κ3) is 2.06. The Morgan fingerprint density at radius 1 is 1.17 bits per heavy atom. The molecule has 2 nitrogen and oxygen atoms in total. The van der Waals surface area contributed by atoms with E-state index >= 15 is 0 Å². The highest BCUT2D eigenvalue weighted by Crippen LogP contribution is 2.48. The molecule has 1 aromatic heterocycles. The van der Waals surface area contributed by atoms with Crippen molar-refractivity contribution in [3.05, 3.63) is 65.5 Å². The number of aryl methyl sites for hydroxylation is 1. The molecule has 1 heterocycles. The summed E-state index contributed by atoms with van der Waals surface area (Å²) in [6.45, 7) is 1.93. The zero-order valence-electron chi connectivity index (χ0n) is 10.3. The first-order valence-corrected chi connectivity index (χ1v) is 6.27. The first-order chi connectivity index (χ1) is 8.75. The van der Waals surface area contributed by atoms with Gasteiger partial charge in [-0.2, -0.15) is 0 Å². The van der Waals surface area contributed by atoms with Gasteiger partial charge in [0, 0.05) is 23.4 Å². The minimum atomic E-state index is 0.150. The lowest BCUT2D eigenvalue weighted by atomic mass is 10.0. The standard InChI is InChI=1S/C16H15NO/c1-11-7-8-13(10-17-11)16(18)15-9-14(15)12-5-3-2-4-6-12/h2-8,10,14-15H,9H2,1H3. The fourth-order valence-corrected chi connectivity index (χ4v) is 2.38. The molecule has 0 bridgehead atoms. The number of hydrogen-bond acceptors (Lipinski definition) is 2. The maximum absolute atomic E-state index is 12.3. The Morgan fingerprint density at radius 3 is 2.61 bits per heavy atom. The molecule has 18 heavy (non-hydrogen) atoms. The normalized spacial score (nSPS) is 21.6. The molecule has 0 radical (unpaired) electrons. The lowest BCUT2D eigenvalue weighted by Gasteiger charge is -2.01. The first kappa shape index (κ1) is 11.1. The topological polar surface area (TPSA) is 30.0 Å². The molecule has 3 rings (SSSR count). The van der Waals surface area contributed by atoms with Gasteiger partial charge in [-0.25, -0.2) is 0 Å². The summed E-state index contributed by atoms with van der Waals surface area (Å²) < 4.78 is 0. The van der Waals surface area contributed by atoms with Crippen LogP contribution in [0.5, 0.6) is 0 Å². The molecule has 1 fully saturated rings. The van der Waals surface area contributed by atoms with Crippen molar-refractivity contribution in [3.63, 3.8) is 0 Å². The molecular weight excluding hydrogens is 222 g/mol. The van der Waals surface area contributed by atoms with Crippen molar-refractivity contribution in [3.8, 4) is 0 Å². The van der Waals surface area contributed by atoms with Crippen molar-refractivity contribution >= 4 is 5.78 Å². The molecule has 1 saturated carbocycles. The van der Waals surface area contributed by atoms with Crippen molar-refractivity contribution in [2.24, 2.45) is 5.92 Å². The van der Waals surface area contributed by atoms with Gasteiger partial charge < -0.3 is 0 Å². The van der Waals surface area contributed by atoms with E-state index in [2.05, 4.69) is 17.1 Å². The van der Waals surface area contributed by atoms with Gasteiger partial charge in [0.25, 0.3) is 0 Å². The zero-order chi connectivity index (χ0) is 12.5. The summed E-state index contributed by atoms with van der Waals surface area (Å²) >= 11 is 0. The summed E-state index contributed by atoms with van der Waals surface area (Å²) in [5, 5.41) is 0. The molecule has 1 aromatic carbocycles. The van der Waals surface area contributed by atoms with Gasteiger partial charge in [-0.1, -0.05) is 30.3 Å². The lowest BCUT2D eigenvalue weighted by molar-refractivity contribution is 0.0965. The van der Waals surface area contributed by atoms with Gasteiger partial charge >= 0.3 is 0 Å². The van der Waals surface area contributed by atoms with Crippen LogP contribution >= 0.6 is 0 Å². The summed E-state index contributed by atoms with van der Waals surface area (Å²) in [7, 11) is 0. The average Bonchev–Trinajstić information content (AvgIpc) is 3.20. The molecule has 0 amide bonds. The molecule has 2 unspecified atom stereocenters. The maximum Gasteiger partial charge on any atom is 0.168 e. The highest BCUT2D eigenvalue weighted by atomic mass is 16.1. The smallest absolute Gasteiger partial charge is 0.168 e. The van der Waals surface area contributed by atoms with E-state index < -0.39 is 0 Å². The van der Waals surface area contributed by atoms with Crippen molar-refractivity contribution in [1.29, 1.82) is 0 Å². The van der Waals surface area contributed by atoms with Crippen LogP contribution in [0.2, 0.25) is 0 Å². The number of benzene rings is 1. The number of ketones is 1. The van der Waals surface area contributed by atoms with Crippen LogP contribution in [0.3, 0.4) is 0 Å². The predicted molar refractivity (Wildman–Crippen MR) is 70.6 cm³/mol. The first-order valence-electron chi connectivity index (χ1n) is 6.27. The highest BCUT2D eigenvalue weighted by Gasteiger charge is 2.43. The number of rotatable bonds is 3. The second-order valence-corrected chi connectivity index (χ2v) is 4.91. The Bertz CT molecular complexity index is 559. The van der Waals surface area contributed by atoms with Gasteiger partial charge in [0.05, 0.1) is 0 Å². The van der Waals surface area contributed by atoms with E-state index in [0.29, 0.717) is 5.92 Å². The fraction of sp³-hybridized carbons (Fsp3) is 0.250. The van der Waals surface area contributed by atoms with Crippen molar-refractivity contribution in [2.75, 3.05) is 0 Å². The van der Waals surface area contributed by atoms with Crippen LogP contribution in [-0.4, -0.2) is 10.8 Å². The maximum atomic E-state index is 12.3. The van der Waals surface area contributed by atoms with E-state index in [9.17, 15) is 4.79 Å². The molecule has 2 atom stereocenters. The second-order valence-electron chi connectivity index (χ2n) is 4.91. The summed E-state index contributed by atoms with van der Waals surface area (Å²) in [5.74, 6) is 0.785. The quantitative estimate of drug-likeness (QED) is 0.766. The number of nitrogens with zero attached hydrogens (tertiary/aromatic N) is 1.